The zero-order chi connectivity index (χ0) is 10.9. The molecule has 0 spiro atoms. The van der Waals surface area contributed by atoms with Gasteiger partial charge >= 0.3 is 0 Å². The average Bonchev–Trinajstić information content (AvgIpc) is 2.02. The first-order valence-corrected chi connectivity index (χ1v) is 3.68. The van der Waals surface area contributed by atoms with Gasteiger partial charge in [-0.3, -0.25) is 0 Å². The highest BCUT2D eigenvalue weighted by atomic mass is 19.3. The molecule has 0 saturated carbocycles. The third kappa shape index (κ3) is 1.89. The fourth-order valence-electron chi connectivity index (χ4n) is 1.05. The van der Waals surface area contributed by atoms with E-state index in [1.807, 2.05) is 0 Å². The molecule has 2 nitrogen and oxygen atoms in total. The summed E-state index contributed by atoms with van der Waals surface area (Å²) in [4.78, 5) is 0. The van der Waals surface area contributed by atoms with Crippen LogP contribution in [0, 0.1) is 0 Å². The van der Waals surface area contributed by atoms with Crippen molar-refractivity contribution in [2.24, 2.45) is 0 Å². The number of nitrogens with two attached hydrogens (primary N) is 2. The third-order valence-electron chi connectivity index (χ3n) is 1.76. The van der Waals surface area contributed by atoms with E-state index >= 15 is 0 Å². The predicted octanol–water partition coefficient (Wildman–Crippen LogP) is 2.73. The zero-order valence-corrected chi connectivity index (χ0v) is 6.98. The molecule has 4 N–H and O–H groups in total. The lowest BCUT2D eigenvalue weighted by atomic mass is 10.1. The summed E-state index contributed by atoms with van der Waals surface area (Å²) in [6, 6.07) is 1.56. The Morgan fingerprint density at radius 1 is 0.786 bits per heavy atom. The number of halogens is 4. The van der Waals surface area contributed by atoms with Crippen LogP contribution < -0.4 is 11.5 Å². The highest BCUT2D eigenvalue weighted by Crippen LogP contribution is 2.33. The lowest BCUT2D eigenvalue weighted by molar-refractivity contribution is 0.145. The van der Waals surface area contributed by atoms with Crippen LogP contribution >= 0.6 is 0 Å². The van der Waals surface area contributed by atoms with E-state index in [1.165, 1.54) is 0 Å². The molecule has 1 aromatic rings. The lowest BCUT2D eigenvalue weighted by Gasteiger charge is -2.10. The molecule has 0 atom stereocenters. The Morgan fingerprint density at radius 2 is 1.14 bits per heavy atom. The maximum atomic E-state index is 12.2. The SMILES string of the molecule is Nc1cc(N)c(C(F)F)cc1C(F)F. The molecule has 0 aromatic heterocycles. The van der Waals surface area contributed by atoms with Crippen LogP contribution in [0.3, 0.4) is 0 Å². The molecule has 1 rings (SSSR count). The van der Waals surface area contributed by atoms with Gasteiger partial charge in [-0.05, 0) is 12.1 Å². The average molecular weight is 208 g/mol. The van der Waals surface area contributed by atoms with E-state index in [1.54, 1.807) is 0 Å². The molecule has 0 fully saturated rings. The Morgan fingerprint density at radius 3 is 1.43 bits per heavy atom. The summed E-state index contributed by atoms with van der Waals surface area (Å²) in [6.45, 7) is 0. The maximum Gasteiger partial charge on any atom is 0.265 e. The topological polar surface area (TPSA) is 52.0 Å². The van der Waals surface area contributed by atoms with Crippen molar-refractivity contribution in [3.63, 3.8) is 0 Å². The van der Waals surface area contributed by atoms with E-state index in [9.17, 15) is 17.6 Å². The van der Waals surface area contributed by atoms with Crippen molar-refractivity contribution in [3.8, 4) is 0 Å². The molecule has 0 heterocycles. The maximum absolute atomic E-state index is 12.2. The molecule has 0 aliphatic carbocycles. The van der Waals surface area contributed by atoms with Gasteiger partial charge in [-0.2, -0.15) is 0 Å². The Bertz CT molecular complexity index is 309. The molecule has 0 amide bonds. The van der Waals surface area contributed by atoms with Gasteiger partial charge < -0.3 is 11.5 Å². The quantitative estimate of drug-likeness (QED) is 0.580. The van der Waals surface area contributed by atoms with Crippen LogP contribution in [0.5, 0.6) is 0 Å². The van der Waals surface area contributed by atoms with E-state index in [0.717, 1.165) is 6.07 Å². The summed E-state index contributed by atoms with van der Waals surface area (Å²) in [5.74, 6) is 0. The largest absolute Gasteiger partial charge is 0.398 e. The number of alkyl halides is 4. The Hall–Kier alpha value is -1.46. The molecule has 0 unspecified atom stereocenters. The smallest absolute Gasteiger partial charge is 0.265 e. The minimum Gasteiger partial charge on any atom is -0.398 e. The second kappa shape index (κ2) is 3.73. The molecular formula is C8H8F4N2. The molecule has 14 heavy (non-hydrogen) atoms. The van der Waals surface area contributed by atoms with Gasteiger partial charge in [-0.25, -0.2) is 17.6 Å². The Labute approximate surface area is 77.5 Å². The first kappa shape index (κ1) is 10.6. The summed E-state index contributed by atoms with van der Waals surface area (Å²) < 4.78 is 48.9. The number of benzene rings is 1. The zero-order valence-electron chi connectivity index (χ0n) is 6.98. The lowest BCUT2D eigenvalue weighted by Crippen LogP contribution is -2.02. The van der Waals surface area contributed by atoms with Crippen molar-refractivity contribution in [1.82, 2.24) is 0 Å². The first-order chi connectivity index (χ1) is 6.43. The number of hydrogen-bond donors (Lipinski definition) is 2. The van der Waals surface area contributed by atoms with Crippen molar-refractivity contribution < 1.29 is 17.6 Å². The highest BCUT2D eigenvalue weighted by Gasteiger charge is 2.18. The third-order valence-corrected chi connectivity index (χ3v) is 1.76. The molecule has 6 heteroatoms. The normalized spacial score (nSPS) is 11.3. The standard InChI is InChI=1S/C8H8F4N2/c9-7(10)3-1-4(8(11)12)6(14)2-5(3)13/h1-2,7-8H,13-14H2. The van der Waals surface area contributed by atoms with Crippen molar-refractivity contribution >= 4 is 11.4 Å². The molecule has 0 saturated heterocycles. The summed E-state index contributed by atoms with van der Waals surface area (Å²) in [5.41, 5.74) is 8.59. The Kier molecular flexibility index (Phi) is 2.83. The van der Waals surface area contributed by atoms with Crippen LogP contribution in [0.2, 0.25) is 0 Å². The van der Waals surface area contributed by atoms with Gasteiger partial charge in [0, 0.05) is 22.5 Å². The van der Waals surface area contributed by atoms with E-state index in [2.05, 4.69) is 0 Å². The summed E-state index contributed by atoms with van der Waals surface area (Å²) in [7, 11) is 0. The van der Waals surface area contributed by atoms with Crippen LogP contribution in [0.1, 0.15) is 24.0 Å². The van der Waals surface area contributed by atoms with Crippen LogP contribution in [0.4, 0.5) is 28.9 Å². The molecular weight excluding hydrogens is 200 g/mol. The van der Waals surface area contributed by atoms with Crippen molar-refractivity contribution in [2.75, 3.05) is 11.5 Å². The first-order valence-electron chi connectivity index (χ1n) is 3.68. The van der Waals surface area contributed by atoms with Crippen LogP contribution in [-0.2, 0) is 0 Å². The minimum atomic E-state index is -2.88. The van der Waals surface area contributed by atoms with Crippen LogP contribution in [-0.4, -0.2) is 0 Å². The molecule has 0 bridgehead atoms. The molecule has 0 radical (unpaired) electrons. The summed E-state index contributed by atoms with van der Waals surface area (Å²) in [5, 5.41) is 0. The van der Waals surface area contributed by atoms with Gasteiger partial charge in [-0.1, -0.05) is 0 Å². The fourth-order valence-corrected chi connectivity index (χ4v) is 1.05. The minimum absolute atomic E-state index is 0.276. The van der Waals surface area contributed by atoms with Crippen LogP contribution in [0.25, 0.3) is 0 Å². The van der Waals surface area contributed by atoms with E-state index in [0.29, 0.717) is 6.07 Å². The number of hydrogen-bond acceptors (Lipinski definition) is 2. The van der Waals surface area contributed by atoms with Gasteiger partial charge in [0.15, 0.2) is 0 Å². The summed E-state index contributed by atoms with van der Waals surface area (Å²) >= 11 is 0. The second-order valence-electron chi connectivity index (χ2n) is 2.71. The highest BCUT2D eigenvalue weighted by molar-refractivity contribution is 5.62. The molecule has 78 valence electrons. The van der Waals surface area contributed by atoms with Crippen molar-refractivity contribution in [3.05, 3.63) is 23.3 Å². The number of anilines is 2. The van der Waals surface area contributed by atoms with Gasteiger partial charge in [0.05, 0.1) is 0 Å². The number of nitrogen functional groups attached to an aromatic ring is 2. The van der Waals surface area contributed by atoms with Crippen LogP contribution in [0.15, 0.2) is 12.1 Å². The van der Waals surface area contributed by atoms with Crippen molar-refractivity contribution in [2.45, 2.75) is 12.9 Å². The van der Waals surface area contributed by atoms with Gasteiger partial charge in [0.1, 0.15) is 0 Å². The molecule has 1 aromatic carbocycles. The second-order valence-corrected chi connectivity index (χ2v) is 2.71. The molecule has 0 aliphatic heterocycles. The fraction of sp³-hybridized carbons (Fsp3) is 0.250. The van der Waals surface area contributed by atoms with Gasteiger partial charge in [0.2, 0.25) is 0 Å². The summed E-state index contributed by atoms with van der Waals surface area (Å²) in [6.07, 6.45) is -5.76. The van der Waals surface area contributed by atoms with Gasteiger partial charge in [0.25, 0.3) is 12.9 Å². The van der Waals surface area contributed by atoms with E-state index < -0.39 is 24.0 Å². The number of rotatable bonds is 2. The monoisotopic (exact) mass is 208 g/mol. The van der Waals surface area contributed by atoms with E-state index in [4.69, 9.17) is 11.5 Å². The molecule has 0 aliphatic rings. The van der Waals surface area contributed by atoms with Crippen molar-refractivity contribution in [1.29, 1.82) is 0 Å². The predicted molar refractivity (Wildman–Crippen MR) is 45.2 cm³/mol. The van der Waals surface area contributed by atoms with Gasteiger partial charge in [-0.15, -0.1) is 0 Å². The van der Waals surface area contributed by atoms with E-state index in [-0.39, 0.29) is 11.4 Å². The Balaban J connectivity index is 3.27.